The number of rotatable bonds is 5. The van der Waals surface area contributed by atoms with E-state index in [9.17, 15) is 4.79 Å². The van der Waals surface area contributed by atoms with Crippen molar-refractivity contribution in [3.8, 4) is 0 Å². The van der Waals surface area contributed by atoms with Crippen molar-refractivity contribution in [3.05, 3.63) is 11.6 Å². The first-order valence-corrected chi connectivity index (χ1v) is 11.9. The first kappa shape index (κ1) is 21.7. The summed E-state index contributed by atoms with van der Waals surface area (Å²) in [4.78, 5) is 17.3. The molecule has 4 heterocycles. The van der Waals surface area contributed by atoms with Crippen LogP contribution in [0.15, 0.2) is 11.6 Å². The summed E-state index contributed by atoms with van der Waals surface area (Å²) in [7, 11) is 3.89. The summed E-state index contributed by atoms with van der Waals surface area (Å²) in [6.07, 6.45) is 4.31. The van der Waals surface area contributed by atoms with Crippen LogP contribution in [0.1, 0.15) is 40.0 Å². The number of hydrogen-bond donors (Lipinski definition) is 0. The van der Waals surface area contributed by atoms with Crippen LogP contribution < -0.4 is 0 Å². The van der Waals surface area contributed by atoms with Crippen LogP contribution in [0.25, 0.3) is 0 Å². The van der Waals surface area contributed by atoms with E-state index >= 15 is 0 Å². The Bertz CT molecular complexity index is 734. The van der Waals surface area contributed by atoms with Gasteiger partial charge in [0.15, 0.2) is 0 Å². The molecule has 2 unspecified atom stereocenters. The zero-order valence-corrected chi connectivity index (χ0v) is 19.6. The number of epoxide rings is 2. The van der Waals surface area contributed by atoms with Crippen LogP contribution in [-0.2, 0) is 18.9 Å². The van der Waals surface area contributed by atoms with Crippen molar-refractivity contribution in [2.24, 2.45) is 17.8 Å². The summed E-state index contributed by atoms with van der Waals surface area (Å²) in [6.45, 7) is 10.9. The first-order chi connectivity index (χ1) is 14.8. The highest BCUT2D eigenvalue weighted by Crippen LogP contribution is 2.59. The molecule has 0 radical (unpaired) electrons. The third-order valence-electron chi connectivity index (χ3n) is 8.42. The molecule has 7 nitrogen and oxygen atoms in total. The van der Waals surface area contributed by atoms with Crippen LogP contribution in [0, 0.1) is 17.8 Å². The molecular formula is C24H38N2O5. The summed E-state index contributed by atoms with van der Waals surface area (Å²) < 4.78 is 24.4. The Morgan fingerprint density at radius 2 is 1.87 bits per heavy atom. The fourth-order valence-electron chi connectivity index (χ4n) is 6.65. The first-order valence-electron chi connectivity index (χ1n) is 11.9. The van der Waals surface area contributed by atoms with E-state index in [2.05, 4.69) is 38.8 Å². The predicted octanol–water partition coefficient (Wildman–Crippen LogP) is 2.69. The number of nitrogens with zero attached hydrogens (tertiary/aromatic N) is 2. The van der Waals surface area contributed by atoms with E-state index in [4.69, 9.17) is 18.9 Å². The van der Waals surface area contributed by atoms with E-state index < -0.39 is 0 Å². The number of hydrogen-bond acceptors (Lipinski definition) is 6. The number of ether oxygens (including phenoxy) is 4. The molecule has 1 aliphatic carbocycles. The minimum Gasteiger partial charge on any atom is -0.443 e. The van der Waals surface area contributed by atoms with Gasteiger partial charge >= 0.3 is 6.09 Å². The average molecular weight is 435 g/mol. The highest BCUT2D eigenvalue weighted by Gasteiger charge is 2.72. The lowest BCUT2D eigenvalue weighted by Crippen LogP contribution is -2.56. The summed E-state index contributed by atoms with van der Waals surface area (Å²) in [5.74, 6) is 1.22. The SMILES string of the molecule is CO[C@@H]1[C@H](OC(=O)N2CC3CN(C)CC3C2)CC[C@]2(CO2)[C@H]1[C@@]1(C)O[C@@H]1CC=C(C)C. The van der Waals surface area contributed by atoms with Gasteiger partial charge in [-0.3, -0.25) is 0 Å². The summed E-state index contributed by atoms with van der Waals surface area (Å²) in [6, 6.07) is 0. The highest BCUT2D eigenvalue weighted by molar-refractivity contribution is 5.68. The third-order valence-corrected chi connectivity index (χ3v) is 8.42. The maximum absolute atomic E-state index is 13.0. The normalized spacial score (nSPS) is 46.2. The van der Waals surface area contributed by atoms with Crippen molar-refractivity contribution in [3.63, 3.8) is 0 Å². The molecule has 5 aliphatic rings. The van der Waals surface area contributed by atoms with Gasteiger partial charge in [-0.05, 0) is 58.9 Å². The predicted molar refractivity (Wildman–Crippen MR) is 116 cm³/mol. The lowest BCUT2D eigenvalue weighted by Gasteiger charge is -2.43. The zero-order chi connectivity index (χ0) is 22.0. The van der Waals surface area contributed by atoms with E-state index in [1.807, 2.05) is 4.90 Å². The minimum atomic E-state index is -0.302. The van der Waals surface area contributed by atoms with Gasteiger partial charge in [0.25, 0.3) is 0 Å². The van der Waals surface area contributed by atoms with Gasteiger partial charge in [-0.15, -0.1) is 0 Å². The van der Waals surface area contributed by atoms with Crippen molar-refractivity contribution in [1.29, 1.82) is 0 Å². The van der Waals surface area contributed by atoms with E-state index in [1.54, 1.807) is 7.11 Å². The highest BCUT2D eigenvalue weighted by atomic mass is 16.6. The van der Waals surface area contributed by atoms with Crippen LogP contribution in [0.3, 0.4) is 0 Å². The van der Waals surface area contributed by atoms with Gasteiger partial charge in [0.1, 0.15) is 23.4 Å². The lowest BCUT2D eigenvalue weighted by molar-refractivity contribution is -0.121. The Morgan fingerprint density at radius 3 is 2.45 bits per heavy atom. The molecule has 0 aromatic rings. The van der Waals surface area contributed by atoms with Gasteiger partial charge in [0.2, 0.25) is 0 Å². The molecule has 174 valence electrons. The van der Waals surface area contributed by atoms with Crippen molar-refractivity contribution in [1.82, 2.24) is 9.80 Å². The van der Waals surface area contributed by atoms with Gasteiger partial charge in [0.05, 0.1) is 18.6 Å². The summed E-state index contributed by atoms with van der Waals surface area (Å²) in [5.41, 5.74) is 0.812. The van der Waals surface area contributed by atoms with E-state index in [-0.39, 0.29) is 41.5 Å². The molecule has 4 aliphatic heterocycles. The molecule has 4 saturated heterocycles. The van der Waals surface area contributed by atoms with Crippen molar-refractivity contribution < 1.29 is 23.7 Å². The van der Waals surface area contributed by atoms with Crippen LogP contribution in [0.2, 0.25) is 0 Å². The maximum atomic E-state index is 13.0. The Morgan fingerprint density at radius 1 is 1.19 bits per heavy atom. The largest absolute Gasteiger partial charge is 0.443 e. The lowest BCUT2D eigenvalue weighted by atomic mass is 9.68. The molecule has 0 aromatic carbocycles. The van der Waals surface area contributed by atoms with Crippen LogP contribution in [-0.4, -0.2) is 92.4 Å². The molecule has 0 N–H and O–H groups in total. The molecule has 7 heteroatoms. The van der Waals surface area contributed by atoms with Gasteiger partial charge in [-0.1, -0.05) is 11.6 Å². The average Bonchev–Trinajstić information content (AvgIpc) is 3.53. The number of fused-ring (bicyclic) bond motifs is 1. The Hall–Kier alpha value is -1.15. The molecule has 8 atom stereocenters. The maximum Gasteiger partial charge on any atom is 0.410 e. The van der Waals surface area contributed by atoms with E-state index in [0.717, 1.165) is 52.0 Å². The molecular weight excluding hydrogens is 396 g/mol. The second kappa shape index (κ2) is 7.72. The van der Waals surface area contributed by atoms with Crippen molar-refractivity contribution >= 4 is 6.09 Å². The second-order valence-electron chi connectivity index (χ2n) is 10.9. The number of amides is 1. The second-order valence-corrected chi connectivity index (χ2v) is 10.9. The number of likely N-dealkylation sites (tertiary alicyclic amines) is 2. The molecule has 1 spiro atoms. The van der Waals surface area contributed by atoms with Crippen LogP contribution in [0.4, 0.5) is 4.79 Å². The topological polar surface area (TPSA) is 67.1 Å². The standard InChI is InChI=1S/C24H38N2O5/c1-15(2)6-7-19-23(3,31-19)21-20(28-5)18(8-9-24(21)14-29-24)30-22(27)26-12-16-10-25(4)11-17(16)13-26/h6,16-21H,7-14H2,1-5H3/t16?,17?,18-,19-,20-,21-,23+,24+/m1/s1. The smallest absolute Gasteiger partial charge is 0.410 e. The fourth-order valence-corrected chi connectivity index (χ4v) is 6.65. The summed E-state index contributed by atoms with van der Waals surface area (Å²) >= 11 is 0. The van der Waals surface area contributed by atoms with Gasteiger partial charge < -0.3 is 28.7 Å². The molecule has 5 fully saturated rings. The van der Waals surface area contributed by atoms with Crippen LogP contribution in [0.5, 0.6) is 0 Å². The van der Waals surface area contributed by atoms with Crippen molar-refractivity contribution in [2.75, 3.05) is 46.9 Å². The third kappa shape index (κ3) is 3.81. The zero-order valence-electron chi connectivity index (χ0n) is 19.6. The van der Waals surface area contributed by atoms with Crippen LogP contribution >= 0.6 is 0 Å². The molecule has 0 aromatic heterocycles. The molecule has 0 bridgehead atoms. The van der Waals surface area contributed by atoms with Gasteiger partial charge in [-0.25, -0.2) is 4.79 Å². The Balaban J connectivity index is 1.26. The molecule has 1 saturated carbocycles. The number of carbonyl (C=O) groups excluding carboxylic acids is 1. The van der Waals surface area contributed by atoms with E-state index in [1.165, 1.54) is 5.57 Å². The summed E-state index contributed by atoms with van der Waals surface area (Å²) in [5, 5.41) is 0. The van der Waals surface area contributed by atoms with Crippen molar-refractivity contribution in [2.45, 2.75) is 69.5 Å². The Labute approximate surface area is 186 Å². The van der Waals surface area contributed by atoms with Gasteiger partial charge in [-0.2, -0.15) is 0 Å². The molecule has 31 heavy (non-hydrogen) atoms. The molecule has 5 rings (SSSR count). The quantitative estimate of drug-likeness (QED) is 0.490. The fraction of sp³-hybridized carbons (Fsp3) is 0.875. The van der Waals surface area contributed by atoms with E-state index in [0.29, 0.717) is 11.8 Å². The number of allylic oxidation sites excluding steroid dienone is 1. The monoisotopic (exact) mass is 434 g/mol. The minimum absolute atomic E-state index is 0.0683. The Kier molecular flexibility index (Phi) is 5.40. The van der Waals surface area contributed by atoms with Gasteiger partial charge in [0, 0.05) is 33.3 Å². The number of carbonyl (C=O) groups is 1. The number of methoxy groups -OCH3 is 1. The molecule has 1 amide bonds.